The van der Waals surface area contributed by atoms with Gasteiger partial charge in [0.2, 0.25) is 0 Å². The normalized spacial score (nSPS) is 10.6. The number of aromatic nitrogens is 2. The number of Topliss-reactive ketones (excluding diaryl/α,β-unsaturated/α-hetero) is 1. The Morgan fingerprint density at radius 1 is 1.36 bits per heavy atom. The third-order valence-corrected chi connectivity index (χ3v) is 4.60. The van der Waals surface area contributed by atoms with Crippen LogP contribution in [0.15, 0.2) is 34.5 Å². The molecule has 5 nitrogen and oxygen atoms in total. The molecule has 1 N–H and O–H groups in total. The Morgan fingerprint density at radius 2 is 2.23 bits per heavy atom. The van der Waals surface area contributed by atoms with Crippen LogP contribution in [-0.4, -0.2) is 21.7 Å². The molecular weight excluding hydrogens is 320 g/mol. The zero-order valence-corrected chi connectivity index (χ0v) is 13.3. The second-order valence-corrected chi connectivity index (χ2v) is 6.23. The van der Waals surface area contributed by atoms with Crippen molar-refractivity contribution in [1.82, 2.24) is 9.97 Å². The van der Waals surface area contributed by atoms with Crippen molar-refractivity contribution < 1.29 is 14.3 Å². The van der Waals surface area contributed by atoms with Gasteiger partial charge in [-0.25, -0.2) is 9.78 Å². The highest BCUT2D eigenvalue weighted by molar-refractivity contribution is 7.14. The number of thiazole rings is 1. The van der Waals surface area contributed by atoms with Gasteiger partial charge in [0.15, 0.2) is 5.78 Å². The first-order valence-electron chi connectivity index (χ1n) is 6.47. The molecule has 22 heavy (non-hydrogen) atoms. The zero-order valence-electron chi connectivity index (χ0n) is 11.7. The summed E-state index contributed by atoms with van der Waals surface area (Å²) >= 11 is 3.13. The molecule has 0 unspecified atom stereocenters. The van der Waals surface area contributed by atoms with Gasteiger partial charge < -0.3 is 9.72 Å². The summed E-state index contributed by atoms with van der Waals surface area (Å²) in [5.41, 5.74) is 2.50. The molecule has 0 spiro atoms. The maximum absolute atomic E-state index is 11.9. The van der Waals surface area contributed by atoms with E-state index < -0.39 is 5.97 Å². The van der Waals surface area contributed by atoms with Crippen LogP contribution in [-0.2, 0) is 11.3 Å². The third kappa shape index (κ3) is 3.15. The number of rotatable bonds is 5. The Bertz CT molecular complexity index is 802. The summed E-state index contributed by atoms with van der Waals surface area (Å²) in [6, 6.07) is 3.49. The number of carbonyl (C=O) groups is 2. The van der Waals surface area contributed by atoms with Crippen molar-refractivity contribution in [2.24, 2.45) is 0 Å². The van der Waals surface area contributed by atoms with E-state index in [9.17, 15) is 9.59 Å². The van der Waals surface area contributed by atoms with E-state index in [4.69, 9.17) is 4.74 Å². The molecule has 3 aromatic rings. The molecule has 0 aliphatic heterocycles. The van der Waals surface area contributed by atoms with E-state index in [0.717, 1.165) is 10.6 Å². The Labute approximate surface area is 134 Å². The van der Waals surface area contributed by atoms with Gasteiger partial charge in [0.25, 0.3) is 0 Å². The minimum Gasteiger partial charge on any atom is -0.454 e. The Hall–Kier alpha value is -2.25. The largest absolute Gasteiger partial charge is 0.454 e. The Balaban J connectivity index is 1.62. The van der Waals surface area contributed by atoms with Crippen LogP contribution in [0.25, 0.3) is 10.6 Å². The molecule has 0 aliphatic rings. The van der Waals surface area contributed by atoms with Crippen molar-refractivity contribution in [3.8, 4) is 10.6 Å². The number of H-pyrrole nitrogens is 1. The Morgan fingerprint density at radius 3 is 2.91 bits per heavy atom. The van der Waals surface area contributed by atoms with E-state index in [1.807, 2.05) is 22.2 Å². The summed E-state index contributed by atoms with van der Waals surface area (Å²) in [6.07, 6.45) is 1.50. The lowest BCUT2D eigenvalue weighted by atomic mass is 10.2. The molecule has 0 atom stereocenters. The molecule has 0 saturated heterocycles. The number of ether oxygens (including phenoxy) is 1. The van der Waals surface area contributed by atoms with E-state index in [1.165, 1.54) is 30.5 Å². The van der Waals surface area contributed by atoms with Crippen molar-refractivity contribution in [3.05, 3.63) is 51.4 Å². The Kier molecular flexibility index (Phi) is 4.17. The summed E-state index contributed by atoms with van der Waals surface area (Å²) in [7, 11) is 0. The van der Waals surface area contributed by atoms with Crippen LogP contribution in [0.5, 0.6) is 0 Å². The number of carbonyl (C=O) groups excluding carboxylic acids is 2. The van der Waals surface area contributed by atoms with E-state index in [2.05, 4.69) is 9.97 Å². The monoisotopic (exact) mass is 332 g/mol. The lowest BCUT2D eigenvalue weighted by Crippen LogP contribution is -2.05. The molecule has 112 valence electrons. The van der Waals surface area contributed by atoms with Crippen molar-refractivity contribution in [2.75, 3.05) is 0 Å². The molecule has 0 bridgehead atoms. The number of aromatic amines is 1. The highest BCUT2D eigenvalue weighted by atomic mass is 32.1. The first-order chi connectivity index (χ1) is 10.6. The molecule has 3 rings (SSSR count). The number of thiophene rings is 1. The fourth-order valence-corrected chi connectivity index (χ4v) is 3.34. The van der Waals surface area contributed by atoms with Crippen LogP contribution in [0.2, 0.25) is 0 Å². The van der Waals surface area contributed by atoms with Crippen molar-refractivity contribution in [3.63, 3.8) is 0 Å². The minimum absolute atomic E-state index is 0.102. The predicted octanol–water partition coefficient (Wildman–Crippen LogP) is 3.76. The number of hydrogen-bond acceptors (Lipinski definition) is 6. The maximum atomic E-state index is 11.9. The van der Waals surface area contributed by atoms with Gasteiger partial charge in [0.1, 0.15) is 17.3 Å². The maximum Gasteiger partial charge on any atom is 0.355 e. The van der Waals surface area contributed by atoms with Gasteiger partial charge in [-0.05, 0) is 24.4 Å². The first kappa shape index (κ1) is 14.7. The van der Waals surface area contributed by atoms with E-state index in [0.29, 0.717) is 11.3 Å². The average molecular weight is 332 g/mol. The number of nitrogens with one attached hydrogen (secondary N) is 1. The van der Waals surface area contributed by atoms with Crippen LogP contribution >= 0.6 is 22.7 Å². The highest BCUT2D eigenvalue weighted by Gasteiger charge is 2.13. The third-order valence-electron chi connectivity index (χ3n) is 2.98. The molecule has 0 aliphatic carbocycles. The molecule has 0 fully saturated rings. The molecule has 0 aromatic carbocycles. The molecule has 0 radical (unpaired) electrons. The smallest absolute Gasteiger partial charge is 0.355 e. The molecule has 0 saturated carbocycles. The quantitative estimate of drug-likeness (QED) is 0.570. The van der Waals surface area contributed by atoms with Crippen LogP contribution in [0.4, 0.5) is 0 Å². The topological polar surface area (TPSA) is 72.0 Å². The van der Waals surface area contributed by atoms with Crippen molar-refractivity contribution >= 4 is 34.4 Å². The molecule has 3 aromatic heterocycles. The summed E-state index contributed by atoms with van der Waals surface area (Å²) < 4.78 is 5.20. The van der Waals surface area contributed by atoms with Crippen LogP contribution in [0.3, 0.4) is 0 Å². The minimum atomic E-state index is -0.502. The second kappa shape index (κ2) is 6.25. The van der Waals surface area contributed by atoms with Crippen molar-refractivity contribution in [1.29, 1.82) is 0 Å². The molecule has 7 heteroatoms. The van der Waals surface area contributed by atoms with Gasteiger partial charge in [-0.2, -0.15) is 11.3 Å². The van der Waals surface area contributed by atoms with E-state index in [1.54, 1.807) is 11.3 Å². The fraction of sp³-hybridized carbons (Fsp3) is 0.133. The van der Waals surface area contributed by atoms with Crippen LogP contribution in [0.1, 0.15) is 33.5 Å². The van der Waals surface area contributed by atoms with E-state index >= 15 is 0 Å². The van der Waals surface area contributed by atoms with Gasteiger partial charge in [-0.1, -0.05) is 0 Å². The van der Waals surface area contributed by atoms with Crippen molar-refractivity contribution in [2.45, 2.75) is 13.5 Å². The summed E-state index contributed by atoms with van der Waals surface area (Å²) in [5, 5.41) is 6.80. The second-order valence-electron chi connectivity index (χ2n) is 4.59. The highest BCUT2D eigenvalue weighted by Crippen LogP contribution is 2.25. The summed E-state index contributed by atoms with van der Waals surface area (Å²) in [6.45, 7) is 1.55. The molecule has 3 heterocycles. The van der Waals surface area contributed by atoms with Crippen LogP contribution < -0.4 is 0 Å². The first-order valence-corrected chi connectivity index (χ1v) is 8.29. The molecular formula is C15H12N2O3S2. The lowest BCUT2D eigenvalue weighted by molar-refractivity contribution is 0.0462. The van der Waals surface area contributed by atoms with Gasteiger partial charge in [0.05, 0.1) is 5.69 Å². The average Bonchev–Trinajstić information content (AvgIpc) is 3.23. The number of ketones is 1. The van der Waals surface area contributed by atoms with Crippen LogP contribution in [0, 0.1) is 0 Å². The standard InChI is InChI=1S/C15H12N2O3S2/c1-9(18)11-4-13(16-5-11)15(19)20-6-12-8-22-14(17-12)10-2-3-21-7-10/h2-5,7-8,16H,6H2,1H3. The van der Waals surface area contributed by atoms with E-state index in [-0.39, 0.29) is 18.1 Å². The lowest BCUT2D eigenvalue weighted by Gasteiger charge is -2.00. The number of esters is 1. The number of hydrogen-bond donors (Lipinski definition) is 1. The fourth-order valence-electron chi connectivity index (χ4n) is 1.82. The van der Waals surface area contributed by atoms with Gasteiger partial charge in [0, 0.05) is 28.1 Å². The summed E-state index contributed by atoms with van der Waals surface area (Å²) in [5.74, 6) is -0.604. The van der Waals surface area contributed by atoms with Gasteiger partial charge >= 0.3 is 5.97 Å². The SMILES string of the molecule is CC(=O)c1c[nH]c(C(=O)OCc2csc(-c3ccsc3)n2)c1. The zero-order chi connectivity index (χ0) is 15.5. The van der Waals surface area contributed by atoms with Gasteiger partial charge in [-0.15, -0.1) is 11.3 Å². The number of nitrogens with zero attached hydrogens (tertiary/aromatic N) is 1. The molecule has 0 amide bonds. The predicted molar refractivity (Wildman–Crippen MR) is 85.3 cm³/mol. The van der Waals surface area contributed by atoms with Gasteiger partial charge in [-0.3, -0.25) is 4.79 Å². The summed E-state index contributed by atoms with van der Waals surface area (Å²) in [4.78, 5) is 30.3.